The molecule has 0 fully saturated rings. The van der Waals surface area contributed by atoms with E-state index >= 15 is 0 Å². The predicted octanol–water partition coefficient (Wildman–Crippen LogP) is 5.68. The van der Waals surface area contributed by atoms with Crippen molar-refractivity contribution in [3.63, 3.8) is 0 Å². The number of halogens is 4. The smallest absolute Gasteiger partial charge is 0.238 e. The fraction of sp³-hybridized carbons (Fsp3) is 0.0833. The normalized spacial score (nSPS) is 10.4. The Balaban J connectivity index is 2.28. The molecule has 1 heterocycles. The highest BCUT2D eigenvalue weighted by molar-refractivity contribution is 9.10. The summed E-state index contributed by atoms with van der Waals surface area (Å²) < 4.78 is 6.33. The van der Waals surface area contributed by atoms with Gasteiger partial charge in [0.05, 0.1) is 4.47 Å². The maximum Gasteiger partial charge on any atom is 0.238 e. The summed E-state index contributed by atoms with van der Waals surface area (Å²) in [6.07, 6.45) is 1.62. The van der Waals surface area contributed by atoms with Crippen molar-refractivity contribution in [1.82, 2.24) is 4.98 Å². The molecule has 0 amide bonds. The van der Waals surface area contributed by atoms with Crippen LogP contribution in [0.1, 0.15) is 5.56 Å². The van der Waals surface area contributed by atoms with E-state index in [0.29, 0.717) is 27.6 Å². The van der Waals surface area contributed by atoms with Crippen LogP contribution in [0.2, 0.25) is 10.0 Å². The van der Waals surface area contributed by atoms with Crippen molar-refractivity contribution in [2.45, 2.75) is 5.88 Å². The number of hydrogen-bond acceptors (Lipinski definition) is 2. The molecule has 18 heavy (non-hydrogen) atoms. The molecule has 0 aliphatic heterocycles. The molecule has 0 atom stereocenters. The molecule has 0 unspecified atom stereocenters. The average molecular weight is 367 g/mol. The van der Waals surface area contributed by atoms with Gasteiger partial charge in [0, 0.05) is 17.1 Å². The van der Waals surface area contributed by atoms with Gasteiger partial charge in [-0.15, -0.1) is 11.6 Å². The predicted molar refractivity (Wildman–Crippen MR) is 78.0 cm³/mol. The minimum absolute atomic E-state index is 0.327. The number of hydrogen-bond donors (Lipinski definition) is 0. The molecular weight excluding hydrogens is 360 g/mol. The van der Waals surface area contributed by atoms with Gasteiger partial charge in [-0.05, 0) is 45.8 Å². The van der Waals surface area contributed by atoms with E-state index in [1.165, 1.54) is 0 Å². The number of rotatable bonds is 3. The summed E-state index contributed by atoms with van der Waals surface area (Å²) in [5.41, 5.74) is 0.837. The molecule has 2 aromatic rings. The molecule has 2 rings (SSSR count). The third-order valence-corrected chi connectivity index (χ3v) is 3.55. The first-order chi connectivity index (χ1) is 8.60. The van der Waals surface area contributed by atoms with Crippen molar-refractivity contribution >= 4 is 50.7 Å². The van der Waals surface area contributed by atoms with Gasteiger partial charge in [-0.1, -0.05) is 23.2 Å². The van der Waals surface area contributed by atoms with Gasteiger partial charge in [0.1, 0.15) is 10.8 Å². The Bertz CT molecular complexity index is 577. The van der Waals surface area contributed by atoms with E-state index in [1.54, 1.807) is 30.5 Å². The largest absolute Gasteiger partial charge is 0.436 e. The van der Waals surface area contributed by atoms with Crippen LogP contribution in [0.4, 0.5) is 0 Å². The van der Waals surface area contributed by atoms with Gasteiger partial charge in [-0.2, -0.15) is 0 Å². The van der Waals surface area contributed by atoms with Gasteiger partial charge < -0.3 is 4.74 Å². The van der Waals surface area contributed by atoms with E-state index < -0.39 is 0 Å². The van der Waals surface area contributed by atoms with Crippen LogP contribution in [-0.2, 0) is 5.88 Å². The van der Waals surface area contributed by atoms with Crippen LogP contribution in [0.25, 0.3) is 0 Å². The van der Waals surface area contributed by atoms with Gasteiger partial charge in [-0.3, -0.25) is 0 Å². The first-order valence-corrected chi connectivity index (χ1v) is 7.02. The number of benzene rings is 1. The third-order valence-electron chi connectivity index (χ3n) is 2.12. The lowest BCUT2D eigenvalue weighted by molar-refractivity contribution is 0.460. The lowest BCUT2D eigenvalue weighted by atomic mass is 10.3. The molecular formula is C12H7BrCl3NO. The van der Waals surface area contributed by atoms with E-state index in [2.05, 4.69) is 20.9 Å². The fourth-order valence-electron chi connectivity index (χ4n) is 1.28. The van der Waals surface area contributed by atoms with E-state index in [-0.39, 0.29) is 0 Å². The Labute approximate surface area is 128 Å². The number of ether oxygens (including phenoxy) is 1. The lowest BCUT2D eigenvalue weighted by Crippen LogP contribution is -1.91. The van der Waals surface area contributed by atoms with Crippen LogP contribution in [0.3, 0.4) is 0 Å². The second kappa shape index (κ2) is 6.11. The number of aromatic nitrogens is 1. The number of alkyl halides is 1. The average Bonchev–Trinajstić information content (AvgIpc) is 2.34. The number of nitrogens with zero attached hydrogens (tertiary/aromatic N) is 1. The van der Waals surface area contributed by atoms with Crippen molar-refractivity contribution in [2.24, 2.45) is 0 Å². The zero-order chi connectivity index (χ0) is 13.1. The minimum atomic E-state index is 0.327. The standard InChI is InChI=1S/C12H7BrCl3NO/c13-9-4-8(15)1-2-11(9)18-12-10(16)3-7(5-14)6-17-12/h1-4,6H,5H2. The van der Waals surface area contributed by atoms with Gasteiger partial charge in [0.2, 0.25) is 5.88 Å². The Morgan fingerprint density at radius 1 is 1.22 bits per heavy atom. The summed E-state index contributed by atoms with van der Waals surface area (Å²) in [5, 5.41) is 1.03. The van der Waals surface area contributed by atoms with Gasteiger partial charge in [0.25, 0.3) is 0 Å². The molecule has 1 aromatic carbocycles. The molecule has 0 spiro atoms. The molecule has 0 aliphatic rings. The van der Waals surface area contributed by atoms with Crippen molar-refractivity contribution < 1.29 is 4.74 Å². The summed E-state index contributed by atoms with van der Waals surface area (Å²) in [6.45, 7) is 0. The maximum atomic E-state index is 6.05. The third kappa shape index (κ3) is 3.29. The first-order valence-electron chi connectivity index (χ1n) is 4.93. The zero-order valence-corrected chi connectivity index (χ0v) is 12.8. The monoisotopic (exact) mass is 365 g/mol. The van der Waals surface area contributed by atoms with Crippen molar-refractivity contribution in [1.29, 1.82) is 0 Å². The van der Waals surface area contributed by atoms with E-state index in [1.807, 2.05) is 0 Å². The summed E-state index contributed by atoms with van der Waals surface area (Å²) in [5.74, 6) is 1.28. The van der Waals surface area contributed by atoms with Crippen molar-refractivity contribution in [2.75, 3.05) is 0 Å². The molecule has 0 aliphatic carbocycles. The molecule has 0 saturated heterocycles. The Kier molecular flexibility index (Phi) is 4.73. The van der Waals surface area contributed by atoms with Crippen LogP contribution < -0.4 is 4.74 Å². The molecule has 6 heteroatoms. The molecule has 0 radical (unpaired) electrons. The van der Waals surface area contributed by atoms with Crippen LogP contribution in [0.15, 0.2) is 34.9 Å². The maximum absolute atomic E-state index is 6.05. The Morgan fingerprint density at radius 2 is 2.00 bits per heavy atom. The van der Waals surface area contributed by atoms with Crippen LogP contribution in [0, 0.1) is 0 Å². The zero-order valence-electron chi connectivity index (χ0n) is 8.96. The lowest BCUT2D eigenvalue weighted by Gasteiger charge is -2.09. The summed E-state index contributed by atoms with van der Waals surface area (Å²) >= 11 is 21.0. The van der Waals surface area contributed by atoms with E-state index in [4.69, 9.17) is 39.5 Å². The van der Waals surface area contributed by atoms with Crippen LogP contribution >= 0.6 is 50.7 Å². The van der Waals surface area contributed by atoms with Gasteiger partial charge in [-0.25, -0.2) is 4.98 Å². The van der Waals surface area contributed by atoms with E-state index in [0.717, 1.165) is 10.0 Å². The second-order valence-corrected chi connectivity index (χ2v) is 5.41. The number of pyridine rings is 1. The van der Waals surface area contributed by atoms with Crippen LogP contribution in [-0.4, -0.2) is 4.98 Å². The molecule has 0 N–H and O–H groups in total. The van der Waals surface area contributed by atoms with Crippen molar-refractivity contribution in [3.8, 4) is 11.6 Å². The first kappa shape index (κ1) is 13.9. The van der Waals surface area contributed by atoms with Crippen LogP contribution in [0.5, 0.6) is 11.6 Å². The highest BCUT2D eigenvalue weighted by Gasteiger charge is 2.09. The quantitative estimate of drug-likeness (QED) is 0.651. The summed E-state index contributed by atoms with van der Waals surface area (Å²) in [4.78, 5) is 4.12. The SMILES string of the molecule is ClCc1cnc(Oc2ccc(Cl)cc2Br)c(Cl)c1. The molecule has 94 valence electrons. The van der Waals surface area contributed by atoms with Crippen molar-refractivity contribution in [3.05, 3.63) is 50.5 Å². The fourth-order valence-corrected chi connectivity index (χ4v) is 2.41. The topological polar surface area (TPSA) is 22.1 Å². The molecule has 1 aromatic heterocycles. The van der Waals surface area contributed by atoms with E-state index in [9.17, 15) is 0 Å². The summed E-state index contributed by atoms with van der Waals surface area (Å²) in [6, 6.07) is 6.92. The molecule has 2 nitrogen and oxygen atoms in total. The second-order valence-electron chi connectivity index (χ2n) is 3.44. The highest BCUT2D eigenvalue weighted by Crippen LogP contribution is 2.34. The Morgan fingerprint density at radius 3 is 2.61 bits per heavy atom. The minimum Gasteiger partial charge on any atom is -0.436 e. The van der Waals surface area contributed by atoms with Gasteiger partial charge >= 0.3 is 0 Å². The highest BCUT2D eigenvalue weighted by atomic mass is 79.9. The Hall–Kier alpha value is -0.480. The molecule has 0 saturated carbocycles. The summed E-state index contributed by atoms with van der Waals surface area (Å²) in [7, 11) is 0. The van der Waals surface area contributed by atoms with Gasteiger partial charge in [0.15, 0.2) is 0 Å². The molecule has 0 bridgehead atoms.